The first-order valence-corrected chi connectivity index (χ1v) is 6.03. The fourth-order valence-corrected chi connectivity index (χ4v) is 1.76. The van der Waals surface area contributed by atoms with E-state index in [2.05, 4.69) is 10.3 Å². The number of rotatable bonds is 1. The van der Waals surface area contributed by atoms with Gasteiger partial charge in [0.1, 0.15) is 12.3 Å². The van der Waals surface area contributed by atoms with Gasteiger partial charge in [0.25, 0.3) is 5.91 Å². The Morgan fingerprint density at radius 1 is 1.50 bits per heavy atom. The minimum absolute atomic E-state index is 0.114. The Labute approximate surface area is 107 Å². The van der Waals surface area contributed by atoms with Crippen molar-refractivity contribution in [2.45, 2.75) is 26.3 Å². The van der Waals surface area contributed by atoms with Crippen LogP contribution in [0.4, 0.5) is 5.69 Å². The molecule has 1 aromatic heterocycles. The van der Waals surface area contributed by atoms with E-state index < -0.39 is 0 Å². The fraction of sp³-hybridized carbons (Fsp3) is 0.538. The molecule has 98 valence electrons. The van der Waals surface area contributed by atoms with Gasteiger partial charge in [0.2, 0.25) is 5.88 Å². The zero-order valence-corrected chi connectivity index (χ0v) is 11.3. The number of ether oxygens (including phenoxy) is 1. The number of anilines is 1. The number of aromatic nitrogens is 1. The molecule has 0 saturated heterocycles. The smallest absolute Gasteiger partial charge is 0.253 e. The van der Waals surface area contributed by atoms with Crippen LogP contribution in [0.15, 0.2) is 12.3 Å². The summed E-state index contributed by atoms with van der Waals surface area (Å²) >= 11 is 0. The van der Waals surface area contributed by atoms with E-state index in [1.54, 1.807) is 6.20 Å². The molecule has 0 saturated carbocycles. The lowest BCUT2D eigenvalue weighted by molar-refractivity contribution is 0.0919. The van der Waals surface area contributed by atoms with E-state index >= 15 is 0 Å². The summed E-state index contributed by atoms with van der Waals surface area (Å²) in [4.78, 5) is 18.3. The summed E-state index contributed by atoms with van der Waals surface area (Å²) in [5.41, 5.74) is 1.17. The van der Waals surface area contributed by atoms with Crippen molar-refractivity contribution in [1.82, 2.24) is 10.3 Å². The van der Waals surface area contributed by atoms with Crippen LogP contribution in [0, 0.1) is 0 Å². The lowest BCUT2D eigenvalue weighted by Crippen LogP contribution is -2.40. The highest BCUT2D eigenvalue weighted by atomic mass is 16.5. The molecule has 0 unspecified atom stereocenters. The van der Waals surface area contributed by atoms with Crippen LogP contribution >= 0.6 is 0 Å². The molecule has 2 heterocycles. The largest absolute Gasteiger partial charge is 0.474 e. The predicted octanol–water partition coefficient (Wildman–Crippen LogP) is 1.44. The normalized spacial score (nSPS) is 14.8. The van der Waals surface area contributed by atoms with Crippen molar-refractivity contribution in [1.29, 1.82) is 0 Å². The molecular weight excluding hydrogens is 230 g/mol. The van der Waals surface area contributed by atoms with Crippen molar-refractivity contribution < 1.29 is 9.53 Å². The molecule has 1 amide bonds. The van der Waals surface area contributed by atoms with Crippen LogP contribution in [0.25, 0.3) is 0 Å². The SMILES string of the molecule is CN1CCOc2ncc(C(=O)NC(C)(C)C)cc21. The first kappa shape index (κ1) is 12.7. The van der Waals surface area contributed by atoms with Crippen LogP contribution < -0.4 is 15.0 Å². The van der Waals surface area contributed by atoms with Crippen molar-refractivity contribution in [2.75, 3.05) is 25.1 Å². The topological polar surface area (TPSA) is 54.5 Å². The van der Waals surface area contributed by atoms with Gasteiger partial charge < -0.3 is 15.0 Å². The molecule has 0 bridgehead atoms. The predicted molar refractivity (Wildman–Crippen MR) is 70.2 cm³/mol. The molecule has 0 aliphatic carbocycles. The monoisotopic (exact) mass is 249 g/mol. The van der Waals surface area contributed by atoms with E-state index in [0.717, 1.165) is 12.2 Å². The summed E-state index contributed by atoms with van der Waals surface area (Å²) in [5.74, 6) is 0.479. The highest BCUT2D eigenvalue weighted by molar-refractivity contribution is 5.95. The summed E-state index contributed by atoms with van der Waals surface area (Å²) in [7, 11) is 1.97. The van der Waals surface area contributed by atoms with Gasteiger partial charge in [0.15, 0.2) is 0 Å². The van der Waals surface area contributed by atoms with Crippen molar-refractivity contribution in [3.05, 3.63) is 17.8 Å². The Hall–Kier alpha value is -1.78. The number of amides is 1. The Morgan fingerprint density at radius 2 is 2.22 bits per heavy atom. The van der Waals surface area contributed by atoms with Crippen molar-refractivity contribution >= 4 is 11.6 Å². The third kappa shape index (κ3) is 2.72. The summed E-state index contributed by atoms with van der Waals surface area (Å²) in [6.45, 7) is 7.28. The number of likely N-dealkylation sites (N-methyl/N-ethyl adjacent to an activating group) is 1. The second kappa shape index (κ2) is 4.48. The van der Waals surface area contributed by atoms with Gasteiger partial charge in [-0.1, -0.05) is 0 Å². The van der Waals surface area contributed by atoms with Crippen molar-refractivity contribution in [2.24, 2.45) is 0 Å². The van der Waals surface area contributed by atoms with Gasteiger partial charge in [0.05, 0.1) is 12.1 Å². The van der Waals surface area contributed by atoms with Crippen LogP contribution in [-0.2, 0) is 0 Å². The maximum Gasteiger partial charge on any atom is 0.253 e. The summed E-state index contributed by atoms with van der Waals surface area (Å²) in [6.07, 6.45) is 1.55. The Balaban J connectivity index is 2.25. The number of carbonyl (C=O) groups excluding carboxylic acids is 1. The van der Waals surface area contributed by atoms with Gasteiger partial charge in [-0.05, 0) is 26.8 Å². The molecule has 2 rings (SSSR count). The highest BCUT2D eigenvalue weighted by Gasteiger charge is 2.20. The van der Waals surface area contributed by atoms with Gasteiger partial charge in [0, 0.05) is 18.8 Å². The first-order chi connectivity index (χ1) is 8.37. The van der Waals surface area contributed by atoms with E-state index in [1.807, 2.05) is 38.8 Å². The van der Waals surface area contributed by atoms with Crippen LogP contribution in [0.3, 0.4) is 0 Å². The molecule has 0 aromatic carbocycles. The summed E-state index contributed by atoms with van der Waals surface area (Å²) in [5, 5.41) is 2.92. The Kier molecular flexibility index (Phi) is 3.15. The minimum atomic E-state index is -0.255. The van der Waals surface area contributed by atoms with Crippen LogP contribution in [0.5, 0.6) is 5.88 Å². The van der Waals surface area contributed by atoms with Gasteiger partial charge in [-0.25, -0.2) is 4.98 Å². The summed E-state index contributed by atoms with van der Waals surface area (Å²) < 4.78 is 5.45. The van der Waals surface area contributed by atoms with Crippen molar-refractivity contribution in [3.63, 3.8) is 0 Å². The van der Waals surface area contributed by atoms with Crippen LogP contribution in [-0.4, -0.2) is 36.6 Å². The molecule has 1 aliphatic heterocycles. The molecule has 5 heteroatoms. The quantitative estimate of drug-likeness (QED) is 0.818. The zero-order chi connectivity index (χ0) is 13.3. The molecule has 1 aromatic rings. The fourth-order valence-electron chi connectivity index (χ4n) is 1.76. The van der Waals surface area contributed by atoms with E-state index in [4.69, 9.17) is 4.74 Å². The molecule has 0 fully saturated rings. The van der Waals surface area contributed by atoms with Gasteiger partial charge in [-0.2, -0.15) is 0 Å². The maximum absolute atomic E-state index is 12.0. The zero-order valence-electron chi connectivity index (χ0n) is 11.3. The average molecular weight is 249 g/mol. The number of hydrogen-bond donors (Lipinski definition) is 1. The minimum Gasteiger partial charge on any atom is -0.474 e. The number of carbonyl (C=O) groups is 1. The van der Waals surface area contributed by atoms with Crippen LogP contribution in [0.2, 0.25) is 0 Å². The number of pyridine rings is 1. The highest BCUT2D eigenvalue weighted by Crippen LogP contribution is 2.28. The lowest BCUT2D eigenvalue weighted by atomic mass is 10.1. The molecule has 18 heavy (non-hydrogen) atoms. The van der Waals surface area contributed by atoms with Crippen molar-refractivity contribution in [3.8, 4) is 5.88 Å². The molecule has 0 radical (unpaired) electrons. The van der Waals surface area contributed by atoms with E-state index in [0.29, 0.717) is 18.1 Å². The third-order valence-electron chi connectivity index (χ3n) is 2.66. The Morgan fingerprint density at radius 3 is 2.89 bits per heavy atom. The summed E-state index contributed by atoms with van der Waals surface area (Å²) in [6, 6.07) is 1.82. The van der Waals surface area contributed by atoms with E-state index in [9.17, 15) is 4.79 Å². The second-order valence-electron chi connectivity index (χ2n) is 5.52. The number of fused-ring (bicyclic) bond motifs is 1. The molecule has 0 spiro atoms. The van der Waals surface area contributed by atoms with E-state index in [-0.39, 0.29) is 11.4 Å². The average Bonchev–Trinajstić information content (AvgIpc) is 2.27. The molecule has 0 atom stereocenters. The standard InChI is InChI=1S/C13H19N3O2/c1-13(2,3)15-11(17)9-7-10-12(14-8-9)18-6-5-16(10)4/h7-8H,5-6H2,1-4H3,(H,15,17). The number of hydrogen-bond acceptors (Lipinski definition) is 4. The maximum atomic E-state index is 12.0. The number of nitrogens with zero attached hydrogens (tertiary/aromatic N) is 2. The second-order valence-corrected chi connectivity index (χ2v) is 5.52. The molecule has 1 N–H and O–H groups in total. The molecule has 1 aliphatic rings. The van der Waals surface area contributed by atoms with E-state index in [1.165, 1.54) is 0 Å². The van der Waals surface area contributed by atoms with Crippen LogP contribution in [0.1, 0.15) is 31.1 Å². The lowest BCUT2D eigenvalue weighted by Gasteiger charge is -2.27. The third-order valence-corrected chi connectivity index (χ3v) is 2.66. The molecule has 5 nitrogen and oxygen atoms in total. The van der Waals surface area contributed by atoms with Gasteiger partial charge in [-0.3, -0.25) is 4.79 Å². The van der Waals surface area contributed by atoms with Gasteiger partial charge in [-0.15, -0.1) is 0 Å². The van der Waals surface area contributed by atoms with Gasteiger partial charge >= 0.3 is 0 Å². The molecular formula is C13H19N3O2. The Bertz CT molecular complexity index is 466. The first-order valence-electron chi connectivity index (χ1n) is 6.03. The number of nitrogens with one attached hydrogen (secondary N) is 1.